The quantitative estimate of drug-likeness (QED) is 0.230. The van der Waals surface area contributed by atoms with Crippen LogP contribution in [0.3, 0.4) is 0 Å². The first-order valence-corrected chi connectivity index (χ1v) is 10.0. The molecule has 1 heterocycles. The standard InChI is InChI=1S/C16H26N4O4S.HI/c1-3-25(21,22)19-9-4-8-18-16(17-2)20-13-6-7-14-15(12-13)24-11-5-10-23-14;/h6-7,12,19H,3-5,8-11H2,1-2H3,(H2,17,18,20);1H. The van der Waals surface area contributed by atoms with E-state index in [0.717, 1.165) is 17.9 Å². The molecule has 26 heavy (non-hydrogen) atoms. The van der Waals surface area contributed by atoms with Crippen LogP contribution < -0.4 is 24.8 Å². The molecule has 0 fully saturated rings. The maximum Gasteiger partial charge on any atom is 0.211 e. The van der Waals surface area contributed by atoms with Crippen molar-refractivity contribution in [2.75, 3.05) is 44.4 Å². The number of aliphatic imine (C=N–C) groups is 1. The van der Waals surface area contributed by atoms with Crippen LogP contribution in [0.15, 0.2) is 23.2 Å². The Bertz CT molecular complexity index is 697. The van der Waals surface area contributed by atoms with Crippen molar-refractivity contribution in [2.24, 2.45) is 4.99 Å². The lowest BCUT2D eigenvalue weighted by Crippen LogP contribution is -2.34. The number of benzene rings is 1. The fourth-order valence-electron chi connectivity index (χ4n) is 2.18. The van der Waals surface area contributed by atoms with Gasteiger partial charge in [-0.1, -0.05) is 0 Å². The Labute approximate surface area is 172 Å². The molecule has 1 aliphatic heterocycles. The summed E-state index contributed by atoms with van der Waals surface area (Å²) in [7, 11) is -1.46. The van der Waals surface area contributed by atoms with Crippen LogP contribution in [-0.4, -0.2) is 53.5 Å². The monoisotopic (exact) mass is 498 g/mol. The summed E-state index contributed by atoms with van der Waals surface area (Å²) < 4.78 is 36.5. The molecule has 0 saturated heterocycles. The summed E-state index contributed by atoms with van der Waals surface area (Å²) in [5.74, 6) is 2.15. The van der Waals surface area contributed by atoms with Gasteiger partial charge >= 0.3 is 0 Å². The highest BCUT2D eigenvalue weighted by Gasteiger charge is 2.11. The summed E-state index contributed by atoms with van der Waals surface area (Å²) in [4.78, 5) is 4.16. The van der Waals surface area contributed by atoms with Crippen molar-refractivity contribution in [1.82, 2.24) is 10.0 Å². The third-order valence-corrected chi connectivity index (χ3v) is 4.99. The first-order chi connectivity index (χ1) is 12.0. The molecule has 0 spiro atoms. The van der Waals surface area contributed by atoms with Crippen LogP contribution in [0.5, 0.6) is 11.5 Å². The van der Waals surface area contributed by atoms with Gasteiger partial charge in [-0.25, -0.2) is 13.1 Å². The van der Waals surface area contributed by atoms with Crippen LogP contribution in [0.25, 0.3) is 0 Å². The minimum Gasteiger partial charge on any atom is -0.490 e. The molecule has 148 valence electrons. The molecule has 2 rings (SSSR count). The molecular weight excluding hydrogens is 471 g/mol. The molecule has 1 aromatic rings. The second-order valence-electron chi connectivity index (χ2n) is 5.49. The minimum atomic E-state index is -3.14. The number of nitrogens with zero attached hydrogens (tertiary/aromatic N) is 1. The molecule has 0 bridgehead atoms. The second-order valence-corrected chi connectivity index (χ2v) is 7.58. The molecule has 0 aromatic heterocycles. The number of fused-ring (bicyclic) bond motifs is 1. The van der Waals surface area contributed by atoms with E-state index < -0.39 is 10.0 Å². The molecule has 1 aromatic carbocycles. The maximum absolute atomic E-state index is 11.3. The summed E-state index contributed by atoms with van der Waals surface area (Å²) in [6, 6.07) is 5.65. The predicted octanol–water partition coefficient (Wildman–Crippen LogP) is 1.78. The Morgan fingerprint density at radius 2 is 1.92 bits per heavy atom. The summed E-state index contributed by atoms with van der Waals surface area (Å²) in [6.45, 7) is 3.89. The number of rotatable bonds is 7. The fraction of sp³-hybridized carbons (Fsp3) is 0.562. The summed E-state index contributed by atoms with van der Waals surface area (Å²) in [6.07, 6.45) is 1.52. The molecule has 0 radical (unpaired) electrons. The molecule has 10 heteroatoms. The van der Waals surface area contributed by atoms with Gasteiger partial charge in [0.05, 0.1) is 19.0 Å². The third kappa shape index (κ3) is 7.54. The van der Waals surface area contributed by atoms with Crippen molar-refractivity contribution in [3.63, 3.8) is 0 Å². The second kappa shape index (κ2) is 11.4. The van der Waals surface area contributed by atoms with E-state index in [1.807, 2.05) is 18.2 Å². The molecule has 0 unspecified atom stereocenters. The molecule has 0 amide bonds. The molecule has 3 N–H and O–H groups in total. The summed E-state index contributed by atoms with van der Waals surface area (Å²) in [5.41, 5.74) is 0.837. The number of sulfonamides is 1. The predicted molar refractivity (Wildman–Crippen MR) is 115 cm³/mol. The number of hydrogen-bond donors (Lipinski definition) is 3. The number of guanidine groups is 1. The summed E-state index contributed by atoms with van der Waals surface area (Å²) in [5, 5.41) is 6.33. The van der Waals surface area contributed by atoms with Gasteiger partial charge in [-0.2, -0.15) is 0 Å². The van der Waals surface area contributed by atoms with Crippen LogP contribution in [-0.2, 0) is 10.0 Å². The van der Waals surface area contributed by atoms with Crippen molar-refractivity contribution >= 4 is 45.6 Å². The third-order valence-electron chi connectivity index (χ3n) is 3.58. The normalized spacial score (nSPS) is 14.2. The van der Waals surface area contributed by atoms with Crippen molar-refractivity contribution in [3.8, 4) is 11.5 Å². The SMILES string of the molecule is CCS(=O)(=O)NCCCNC(=NC)Nc1ccc2c(c1)OCCCO2.I. The lowest BCUT2D eigenvalue weighted by Gasteiger charge is -2.14. The number of hydrogen-bond acceptors (Lipinski definition) is 5. The van der Waals surface area contributed by atoms with Gasteiger partial charge < -0.3 is 20.1 Å². The van der Waals surface area contributed by atoms with Gasteiger partial charge in [-0.3, -0.25) is 4.99 Å². The average Bonchev–Trinajstić information content (AvgIpc) is 2.85. The fourth-order valence-corrected chi connectivity index (χ4v) is 2.84. The van der Waals surface area contributed by atoms with Gasteiger partial charge in [0, 0.05) is 38.3 Å². The average molecular weight is 498 g/mol. The zero-order chi connectivity index (χ0) is 18.1. The van der Waals surface area contributed by atoms with Crippen LogP contribution in [0, 0.1) is 0 Å². The zero-order valence-electron chi connectivity index (χ0n) is 15.1. The highest BCUT2D eigenvalue weighted by Crippen LogP contribution is 2.32. The maximum atomic E-state index is 11.3. The molecule has 0 saturated carbocycles. The van der Waals surface area contributed by atoms with E-state index in [1.54, 1.807) is 14.0 Å². The molecule has 1 aliphatic rings. The van der Waals surface area contributed by atoms with E-state index in [0.29, 0.717) is 44.4 Å². The van der Waals surface area contributed by atoms with Crippen LogP contribution >= 0.6 is 24.0 Å². The summed E-state index contributed by atoms with van der Waals surface area (Å²) >= 11 is 0. The minimum absolute atomic E-state index is 0. The Morgan fingerprint density at radius 3 is 2.62 bits per heavy atom. The first-order valence-electron chi connectivity index (χ1n) is 8.38. The molecule has 8 nitrogen and oxygen atoms in total. The van der Waals surface area contributed by atoms with Gasteiger partial charge in [0.2, 0.25) is 10.0 Å². The van der Waals surface area contributed by atoms with Crippen molar-refractivity contribution < 1.29 is 17.9 Å². The van der Waals surface area contributed by atoms with Gasteiger partial charge in [-0.15, -0.1) is 24.0 Å². The van der Waals surface area contributed by atoms with E-state index in [2.05, 4.69) is 20.3 Å². The number of halogens is 1. The highest BCUT2D eigenvalue weighted by molar-refractivity contribution is 14.0. The first kappa shape index (κ1) is 22.8. The Morgan fingerprint density at radius 1 is 1.19 bits per heavy atom. The lowest BCUT2D eigenvalue weighted by molar-refractivity contribution is 0.297. The van der Waals surface area contributed by atoms with E-state index >= 15 is 0 Å². The van der Waals surface area contributed by atoms with Gasteiger partial charge in [0.1, 0.15) is 0 Å². The molecular formula is C16H27IN4O4S. The van der Waals surface area contributed by atoms with Gasteiger partial charge in [-0.05, 0) is 25.5 Å². The Balaban J connectivity index is 0.00000338. The van der Waals surface area contributed by atoms with Crippen LogP contribution in [0.1, 0.15) is 19.8 Å². The van der Waals surface area contributed by atoms with E-state index in [-0.39, 0.29) is 29.7 Å². The van der Waals surface area contributed by atoms with E-state index in [4.69, 9.17) is 9.47 Å². The van der Waals surface area contributed by atoms with Crippen LogP contribution in [0.2, 0.25) is 0 Å². The number of ether oxygens (including phenoxy) is 2. The molecule has 0 aliphatic carbocycles. The zero-order valence-corrected chi connectivity index (χ0v) is 18.2. The molecule has 0 atom stereocenters. The van der Waals surface area contributed by atoms with Crippen molar-refractivity contribution in [2.45, 2.75) is 19.8 Å². The Kier molecular flexibility index (Phi) is 10.0. The smallest absolute Gasteiger partial charge is 0.211 e. The van der Waals surface area contributed by atoms with E-state index in [1.165, 1.54) is 0 Å². The van der Waals surface area contributed by atoms with Crippen LogP contribution in [0.4, 0.5) is 5.69 Å². The van der Waals surface area contributed by atoms with Crippen molar-refractivity contribution in [3.05, 3.63) is 18.2 Å². The number of nitrogens with one attached hydrogen (secondary N) is 3. The lowest BCUT2D eigenvalue weighted by atomic mass is 10.3. The van der Waals surface area contributed by atoms with Gasteiger partial charge in [0.15, 0.2) is 17.5 Å². The highest BCUT2D eigenvalue weighted by atomic mass is 127. The largest absolute Gasteiger partial charge is 0.490 e. The van der Waals surface area contributed by atoms with Crippen molar-refractivity contribution in [1.29, 1.82) is 0 Å². The van der Waals surface area contributed by atoms with Gasteiger partial charge in [0.25, 0.3) is 0 Å². The number of anilines is 1. The van der Waals surface area contributed by atoms with E-state index in [9.17, 15) is 8.42 Å². The Hall–Kier alpha value is -1.27. The topological polar surface area (TPSA) is 101 Å².